The van der Waals surface area contributed by atoms with Crippen molar-refractivity contribution in [2.24, 2.45) is 0 Å². The van der Waals surface area contributed by atoms with Crippen LogP contribution in [0.4, 0.5) is 0 Å². The van der Waals surface area contributed by atoms with E-state index in [1.165, 1.54) is 0 Å². The number of aromatic carboxylic acids is 1. The fourth-order valence-electron chi connectivity index (χ4n) is 3.77. The van der Waals surface area contributed by atoms with Crippen molar-refractivity contribution in [3.05, 3.63) is 77.8 Å². The van der Waals surface area contributed by atoms with Gasteiger partial charge in [0, 0.05) is 29.9 Å². The molecule has 0 unspecified atom stereocenters. The molecule has 27 heavy (non-hydrogen) atoms. The molecule has 3 aromatic rings. The number of rotatable bonds is 5. The highest BCUT2D eigenvalue weighted by molar-refractivity contribution is 5.95. The highest BCUT2D eigenvalue weighted by atomic mass is 16.4. The van der Waals surface area contributed by atoms with Gasteiger partial charge in [0.25, 0.3) is 0 Å². The Labute approximate surface area is 158 Å². The average molecular weight is 362 g/mol. The molecule has 1 N–H and O–H groups in total. The summed E-state index contributed by atoms with van der Waals surface area (Å²) < 4.78 is 5.98. The molecule has 1 fully saturated rings. The maximum atomic E-state index is 11.4. The lowest BCUT2D eigenvalue weighted by Crippen LogP contribution is -2.34. The second kappa shape index (κ2) is 7.76. The van der Waals surface area contributed by atoms with Crippen molar-refractivity contribution in [2.75, 3.05) is 13.1 Å². The first-order chi connectivity index (χ1) is 13.2. The molecule has 1 aromatic carbocycles. The minimum absolute atomic E-state index is 0.256. The van der Waals surface area contributed by atoms with Gasteiger partial charge in [0.05, 0.1) is 12.1 Å². The molecule has 1 atom stereocenters. The second-order valence-corrected chi connectivity index (χ2v) is 6.95. The van der Waals surface area contributed by atoms with E-state index in [1.54, 1.807) is 18.2 Å². The van der Waals surface area contributed by atoms with Crippen LogP contribution in [0.25, 0.3) is 11.3 Å². The number of pyridine rings is 1. The number of furan rings is 1. The molecule has 1 aliphatic rings. The topological polar surface area (TPSA) is 66.6 Å². The summed E-state index contributed by atoms with van der Waals surface area (Å²) >= 11 is 0. The molecule has 1 aliphatic heterocycles. The van der Waals surface area contributed by atoms with Crippen LogP contribution in [-0.2, 0) is 6.54 Å². The van der Waals surface area contributed by atoms with Crippen molar-refractivity contribution in [3.63, 3.8) is 0 Å². The molecule has 1 saturated heterocycles. The Bertz CT molecular complexity index is 920. The van der Waals surface area contributed by atoms with E-state index >= 15 is 0 Å². The van der Waals surface area contributed by atoms with E-state index in [-0.39, 0.29) is 5.56 Å². The third-order valence-electron chi connectivity index (χ3n) is 5.08. The zero-order valence-electron chi connectivity index (χ0n) is 15.0. The number of carbonyl (C=O) groups is 1. The SMILES string of the molecule is O=C(O)c1ccccc1-c1ccc(CN2CCC[C@@H](c3ccccn3)C2)o1. The van der Waals surface area contributed by atoms with Gasteiger partial charge in [-0.05, 0) is 49.7 Å². The Kier molecular flexibility index (Phi) is 5.03. The number of aromatic nitrogens is 1. The first-order valence-corrected chi connectivity index (χ1v) is 9.25. The van der Waals surface area contributed by atoms with Crippen LogP contribution >= 0.6 is 0 Å². The molecule has 0 amide bonds. The Balaban J connectivity index is 1.48. The average Bonchev–Trinajstić information content (AvgIpc) is 3.17. The van der Waals surface area contributed by atoms with Crippen molar-refractivity contribution in [1.29, 1.82) is 0 Å². The van der Waals surface area contributed by atoms with Crippen molar-refractivity contribution in [3.8, 4) is 11.3 Å². The summed E-state index contributed by atoms with van der Waals surface area (Å²) in [5, 5.41) is 9.38. The van der Waals surface area contributed by atoms with Gasteiger partial charge in [-0.15, -0.1) is 0 Å². The van der Waals surface area contributed by atoms with Crippen molar-refractivity contribution in [1.82, 2.24) is 9.88 Å². The molecule has 5 nitrogen and oxygen atoms in total. The number of piperidine rings is 1. The Hall–Kier alpha value is -2.92. The van der Waals surface area contributed by atoms with Crippen molar-refractivity contribution < 1.29 is 14.3 Å². The van der Waals surface area contributed by atoms with Crippen LogP contribution in [0.2, 0.25) is 0 Å². The minimum Gasteiger partial charge on any atom is -0.478 e. The predicted molar refractivity (Wildman–Crippen MR) is 103 cm³/mol. The van der Waals surface area contributed by atoms with Gasteiger partial charge in [0.1, 0.15) is 11.5 Å². The Morgan fingerprint density at radius 2 is 2.00 bits per heavy atom. The molecule has 3 heterocycles. The number of likely N-dealkylation sites (tertiary alicyclic amines) is 1. The van der Waals surface area contributed by atoms with Gasteiger partial charge in [-0.25, -0.2) is 4.79 Å². The van der Waals surface area contributed by atoms with Gasteiger partial charge in [0.2, 0.25) is 0 Å². The Morgan fingerprint density at radius 3 is 2.81 bits per heavy atom. The van der Waals surface area contributed by atoms with Gasteiger partial charge >= 0.3 is 5.97 Å². The highest BCUT2D eigenvalue weighted by Gasteiger charge is 2.23. The highest BCUT2D eigenvalue weighted by Crippen LogP contribution is 2.29. The molecule has 0 radical (unpaired) electrons. The molecule has 138 valence electrons. The van der Waals surface area contributed by atoms with Gasteiger partial charge < -0.3 is 9.52 Å². The quantitative estimate of drug-likeness (QED) is 0.728. The van der Waals surface area contributed by atoms with Crippen LogP contribution in [0.3, 0.4) is 0 Å². The van der Waals surface area contributed by atoms with E-state index in [0.717, 1.165) is 43.9 Å². The zero-order chi connectivity index (χ0) is 18.6. The predicted octanol–water partition coefficient (Wildman–Crippen LogP) is 4.42. The lowest BCUT2D eigenvalue weighted by Gasteiger charge is -2.31. The summed E-state index contributed by atoms with van der Waals surface area (Å²) in [7, 11) is 0. The lowest BCUT2D eigenvalue weighted by atomic mass is 9.94. The molecule has 0 aliphatic carbocycles. The van der Waals surface area contributed by atoms with Crippen molar-refractivity contribution >= 4 is 5.97 Å². The van der Waals surface area contributed by atoms with E-state index in [1.807, 2.05) is 36.5 Å². The maximum Gasteiger partial charge on any atom is 0.336 e. The van der Waals surface area contributed by atoms with Gasteiger partial charge in [-0.2, -0.15) is 0 Å². The molecule has 5 heteroatoms. The first-order valence-electron chi connectivity index (χ1n) is 9.25. The smallest absolute Gasteiger partial charge is 0.336 e. The fraction of sp³-hybridized carbons (Fsp3) is 0.273. The summed E-state index contributed by atoms with van der Waals surface area (Å²) in [5.74, 6) is 0.952. The molecule has 0 spiro atoms. The van der Waals surface area contributed by atoms with Crippen LogP contribution in [0.15, 0.2) is 65.2 Å². The van der Waals surface area contributed by atoms with E-state index in [4.69, 9.17) is 4.42 Å². The lowest BCUT2D eigenvalue weighted by molar-refractivity contribution is 0.0697. The molecule has 4 rings (SSSR count). The maximum absolute atomic E-state index is 11.4. The van der Waals surface area contributed by atoms with E-state index in [0.29, 0.717) is 17.2 Å². The standard InChI is InChI=1S/C22H22N2O3/c25-22(26)19-8-2-1-7-18(19)21-11-10-17(27-21)15-24-13-5-6-16(14-24)20-9-3-4-12-23-20/h1-4,7-12,16H,5-6,13-15H2,(H,25,26)/t16-/m1/s1. The molecular formula is C22H22N2O3. The Morgan fingerprint density at radius 1 is 1.15 bits per heavy atom. The normalized spacial score (nSPS) is 17.7. The van der Waals surface area contributed by atoms with Crippen LogP contribution < -0.4 is 0 Å². The third kappa shape index (κ3) is 3.93. The number of hydrogen-bond acceptors (Lipinski definition) is 4. The van der Waals surface area contributed by atoms with E-state index in [9.17, 15) is 9.90 Å². The zero-order valence-corrected chi connectivity index (χ0v) is 15.0. The summed E-state index contributed by atoms with van der Waals surface area (Å²) in [4.78, 5) is 18.3. The van der Waals surface area contributed by atoms with Crippen LogP contribution in [0, 0.1) is 0 Å². The minimum atomic E-state index is -0.946. The largest absolute Gasteiger partial charge is 0.478 e. The number of hydrogen-bond donors (Lipinski definition) is 1. The van der Waals surface area contributed by atoms with Gasteiger partial charge in [-0.1, -0.05) is 24.3 Å². The van der Waals surface area contributed by atoms with E-state index in [2.05, 4.69) is 16.0 Å². The van der Waals surface area contributed by atoms with Crippen LogP contribution in [-0.4, -0.2) is 34.0 Å². The summed E-state index contributed by atoms with van der Waals surface area (Å²) in [5.41, 5.74) is 2.02. The van der Waals surface area contributed by atoms with Crippen LogP contribution in [0.1, 0.15) is 40.6 Å². The van der Waals surface area contributed by atoms with Gasteiger partial charge in [0.15, 0.2) is 0 Å². The fourth-order valence-corrected chi connectivity index (χ4v) is 3.77. The monoisotopic (exact) mass is 362 g/mol. The molecule has 2 aromatic heterocycles. The van der Waals surface area contributed by atoms with E-state index < -0.39 is 5.97 Å². The van der Waals surface area contributed by atoms with Crippen molar-refractivity contribution in [2.45, 2.75) is 25.3 Å². The number of benzene rings is 1. The van der Waals surface area contributed by atoms with Gasteiger partial charge in [-0.3, -0.25) is 9.88 Å². The second-order valence-electron chi connectivity index (χ2n) is 6.95. The summed E-state index contributed by atoms with van der Waals surface area (Å²) in [6, 6.07) is 16.8. The number of nitrogens with zero attached hydrogens (tertiary/aromatic N) is 2. The number of carboxylic acid groups (broad SMARTS) is 1. The summed E-state index contributed by atoms with van der Waals surface area (Å²) in [6.45, 7) is 2.71. The third-order valence-corrected chi connectivity index (χ3v) is 5.08. The molecule has 0 bridgehead atoms. The van der Waals surface area contributed by atoms with Crippen LogP contribution in [0.5, 0.6) is 0 Å². The molecule has 0 saturated carbocycles. The summed E-state index contributed by atoms with van der Waals surface area (Å²) in [6.07, 6.45) is 4.15. The first kappa shape index (κ1) is 17.5. The number of carboxylic acids is 1. The molecular weight excluding hydrogens is 340 g/mol.